The number of hydrogen-bond donors (Lipinski definition) is 4. The van der Waals surface area contributed by atoms with E-state index in [0.717, 1.165) is 56.7 Å². The van der Waals surface area contributed by atoms with E-state index < -0.39 is 41.6 Å². The average molecular weight is 660 g/mol. The molecule has 3 amide bonds. The smallest absolute Gasteiger partial charge is 0.303 e. The van der Waals surface area contributed by atoms with Gasteiger partial charge in [0.1, 0.15) is 11.6 Å². The fraction of sp³-hybridized carbons (Fsp3) is 0.556. The predicted octanol–water partition coefficient (Wildman–Crippen LogP) is 5.89. The zero-order valence-corrected chi connectivity index (χ0v) is 27.9. The Morgan fingerprint density at radius 1 is 0.851 bits per heavy atom. The van der Waals surface area contributed by atoms with Crippen LogP contribution < -0.4 is 10.6 Å². The molecule has 0 fully saturated rings. The summed E-state index contributed by atoms with van der Waals surface area (Å²) in [6, 6.07) is 8.32. The maximum atomic E-state index is 14.0. The fourth-order valence-electron chi connectivity index (χ4n) is 5.55. The Kier molecular flexibility index (Phi) is 17.7. The number of carboxylic acid groups (broad SMARTS) is 1. The van der Waals surface area contributed by atoms with E-state index in [9.17, 15) is 33.1 Å². The number of nitrogens with zero attached hydrogens (tertiary/aromatic N) is 1. The second-order valence-corrected chi connectivity index (χ2v) is 12.0. The molecule has 260 valence electrons. The minimum atomic E-state index is -1.23. The highest BCUT2D eigenvalue weighted by Crippen LogP contribution is 2.19. The first-order valence-electron chi connectivity index (χ1n) is 16.8. The van der Waals surface area contributed by atoms with E-state index in [1.807, 2.05) is 20.8 Å². The summed E-state index contributed by atoms with van der Waals surface area (Å²) in [5, 5.41) is 25.7. The van der Waals surface area contributed by atoms with Crippen molar-refractivity contribution in [2.24, 2.45) is 5.92 Å². The summed E-state index contributed by atoms with van der Waals surface area (Å²) in [5.41, 5.74) is 0.775. The van der Waals surface area contributed by atoms with Gasteiger partial charge in [0.05, 0.1) is 12.1 Å². The first-order valence-corrected chi connectivity index (χ1v) is 16.8. The lowest BCUT2D eigenvalue weighted by molar-refractivity contribution is -0.137. The van der Waals surface area contributed by atoms with Crippen LogP contribution >= 0.6 is 0 Å². The number of rotatable bonds is 22. The molecule has 47 heavy (non-hydrogen) atoms. The first-order chi connectivity index (χ1) is 22.5. The maximum absolute atomic E-state index is 14.0. The molecule has 0 unspecified atom stereocenters. The molecular formula is C36H51F2N3O6. The number of benzene rings is 2. The molecule has 0 aliphatic carbocycles. The number of hydrogen-bond acceptors (Lipinski definition) is 5. The van der Waals surface area contributed by atoms with Gasteiger partial charge in [-0.3, -0.25) is 19.2 Å². The number of nitrogens with one attached hydrogen (secondary N) is 2. The number of halogens is 2. The van der Waals surface area contributed by atoms with Crippen molar-refractivity contribution in [3.8, 4) is 0 Å². The highest BCUT2D eigenvalue weighted by Gasteiger charge is 2.28. The summed E-state index contributed by atoms with van der Waals surface area (Å²) >= 11 is 0. The summed E-state index contributed by atoms with van der Waals surface area (Å²) < 4.78 is 28.1. The topological polar surface area (TPSA) is 136 Å². The molecule has 9 nitrogen and oxygen atoms in total. The highest BCUT2D eigenvalue weighted by molar-refractivity contribution is 5.99. The Labute approximate surface area is 277 Å². The van der Waals surface area contributed by atoms with Crippen LogP contribution in [0, 0.1) is 17.6 Å². The van der Waals surface area contributed by atoms with Gasteiger partial charge in [-0.25, -0.2) is 8.78 Å². The number of carbonyl (C=O) groups is 4. The highest BCUT2D eigenvalue weighted by atomic mass is 19.1. The zero-order chi connectivity index (χ0) is 34.8. The Morgan fingerprint density at radius 2 is 1.47 bits per heavy atom. The van der Waals surface area contributed by atoms with Crippen molar-refractivity contribution in [3.05, 3.63) is 70.8 Å². The summed E-state index contributed by atoms with van der Waals surface area (Å²) in [6.45, 7) is 7.40. The normalized spacial score (nSPS) is 13.0. The van der Waals surface area contributed by atoms with Crippen LogP contribution in [0.4, 0.5) is 8.78 Å². The fourth-order valence-corrected chi connectivity index (χ4v) is 5.55. The van der Waals surface area contributed by atoms with Crippen molar-refractivity contribution in [2.45, 2.75) is 104 Å². The van der Waals surface area contributed by atoms with Crippen LogP contribution in [-0.4, -0.2) is 70.6 Å². The van der Waals surface area contributed by atoms with E-state index in [1.165, 1.54) is 6.07 Å². The van der Waals surface area contributed by atoms with Crippen LogP contribution in [0.5, 0.6) is 0 Å². The molecule has 0 heterocycles. The molecule has 11 heteroatoms. The monoisotopic (exact) mass is 659 g/mol. The molecule has 2 aromatic rings. The average Bonchev–Trinajstić information content (AvgIpc) is 3.03. The summed E-state index contributed by atoms with van der Waals surface area (Å²) in [7, 11) is 0. The molecule has 0 saturated heterocycles. The van der Waals surface area contributed by atoms with Crippen molar-refractivity contribution in [3.63, 3.8) is 0 Å². The molecule has 2 aromatic carbocycles. The molecule has 0 bridgehead atoms. The van der Waals surface area contributed by atoms with Gasteiger partial charge in [0.25, 0.3) is 11.8 Å². The third kappa shape index (κ3) is 14.2. The van der Waals surface area contributed by atoms with E-state index in [0.29, 0.717) is 38.0 Å². The molecule has 0 spiro atoms. The second-order valence-electron chi connectivity index (χ2n) is 12.0. The van der Waals surface area contributed by atoms with Crippen LogP contribution in [0.3, 0.4) is 0 Å². The Morgan fingerprint density at radius 3 is 2.09 bits per heavy atom. The maximum Gasteiger partial charge on any atom is 0.303 e. The lowest BCUT2D eigenvalue weighted by atomic mass is 9.91. The molecular weight excluding hydrogens is 608 g/mol. The van der Waals surface area contributed by atoms with Gasteiger partial charge in [-0.2, -0.15) is 0 Å². The SMILES string of the molecule is CCCN(CCC)C(=O)c1cccc(C(=O)N[C@@H](Cc2cc(F)cc(F)c2)[C@@H](O)C[C@@H](CC)C(=O)NCCCCCCCC(=O)O)c1. The number of aliphatic carboxylic acids is 1. The number of aliphatic hydroxyl groups excluding tert-OH is 1. The summed E-state index contributed by atoms with van der Waals surface area (Å²) in [4.78, 5) is 52.0. The van der Waals surface area contributed by atoms with Gasteiger partial charge in [-0.15, -0.1) is 0 Å². The quantitative estimate of drug-likeness (QED) is 0.117. The van der Waals surface area contributed by atoms with Crippen molar-refractivity contribution < 1.29 is 38.2 Å². The Balaban J connectivity index is 2.14. The third-order valence-corrected chi connectivity index (χ3v) is 8.06. The number of amides is 3. The Hall–Kier alpha value is -3.86. The van der Waals surface area contributed by atoms with Gasteiger partial charge in [-0.1, -0.05) is 46.1 Å². The minimum absolute atomic E-state index is 0.00177. The van der Waals surface area contributed by atoms with E-state index in [-0.39, 0.29) is 42.2 Å². The Bertz CT molecular complexity index is 1280. The number of carbonyl (C=O) groups excluding carboxylic acids is 3. The summed E-state index contributed by atoms with van der Waals surface area (Å²) in [6.07, 6.45) is 4.70. The van der Waals surface area contributed by atoms with Crippen molar-refractivity contribution in [1.82, 2.24) is 15.5 Å². The van der Waals surface area contributed by atoms with E-state index in [4.69, 9.17) is 5.11 Å². The van der Waals surface area contributed by atoms with E-state index in [2.05, 4.69) is 10.6 Å². The summed E-state index contributed by atoms with van der Waals surface area (Å²) in [5.74, 6) is -3.96. The number of unbranched alkanes of at least 4 members (excludes halogenated alkanes) is 4. The number of carboxylic acids is 1. The largest absolute Gasteiger partial charge is 0.481 e. The van der Waals surface area contributed by atoms with E-state index in [1.54, 1.807) is 23.1 Å². The molecule has 0 aliphatic rings. The molecule has 4 N–H and O–H groups in total. The third-order valence-electron chi connectivity index (χ3n) is 8.06. The van der Waals surface area contributed by atoms with Gasteiger partial charge in [0.2, 0.25) is 5.91 Å². The van der Waals surface area contributed by atoms with Crippen molar-refractivity contribution in [1.29, 1.82) is 0 Å². The van der Waals surface area contributed by atoms with Crippen LogP contribution in [0.2, 0.25) is 0 Å². The molecule has 0 radical (unpaired) electrons. The van der Waals surface area contributed by atoms with Gasteiger partial charge in [0.15, 0.2) is 0 Å². The molecule has 0 aliphatic heterocycles. The van der Waals surface area contributed by atoms with Crippen LogP contribution in [0.25, 0.3) is 0 Å². The molecule has 2 rings (SSSR count). The lowest BCUT2D eigenvalue weighted by Gasteiger charge is -2.27. The van der Waals surface area contributed by atoms with E-state index >= 15 is 0 Å². The minimum Gasteiger partial charge on any atom is -0.481 e. The number of aliphatic hydroxyl groups is 1. The standard InChI is InChI=1S/C36H51F2N3O6/c1-4-17-41(18-5-2)36(47)28-14-12-13-27(22-28)35(46)40-31(21-25-19-29(37)24-30(38)20-25)32(42)23-26(6-3)34(45)39-16-11-9-7-8-10-15-33(43)44/h12-14,19-20,22,24,26,31-32,42H,4-11,15-18,21,23H2,1-3H3,(H,39,45)(H,40,46)(H,43,44)/t26-,31+,32+/m1/s1. The van der Waals surface area contributed by atoms with Gasteiger partial charge in [0, 0.05) is 49.2 Å². The molecule has 0 saturated carbocycles. The molecule has 0 aromatic heterocycles. The first kappa shape index (κ1) is 39.3. The second kappa shape index (κ2) is 21.1. The van der Waals surface area contributed by atoms with Gasteiger partial charge in [-0.05, 0) is 80.8 Å². The van der Waals surface area contributed by atoms with Crippen molar-refractivity contribution in [2.75, 3.05) is 19.6 Å². The van der Waals surface area contributed by atoms with Crippen LogP contribution in [-0.2, 0) is 16.0 Å². The molecule has 3 atom stereocenters. The van der Waals surface area contributed by atoms with Crippen molar-refractivity contribution >= 4 is 23.7 Å². The van der Waals surface area contributed by atoms with Gasteiger partial charge >= 0.3 is 5.97 Å². The van der Waals surface area contributed by atoms with Crippen LogP contribution in [0.15, 0.2) is 42.5 Å². The van der Waals surface area contributed by atoms with Gasteiger partial charge < -0.3 is 25.7 Å². The van der Waals surface area contributed by atoms with Crippen LogP contribution in [0.1, 0.15) is 111 Å². The zero-order valence-electron chi connectivity index (χ0n) is 27.9. The predicted molar refractivity (Wildman–Crippen MR) is 177 cm³/mol. The lowest BCUT2D eigenvalue weighted by Crippen LogP contribution is -2.46.